The fourth-order valence-corrected chi connectivity index (χ4v) is 3.70. The first-order chi connectivity index (χ1) is 10.5. The van der Waals surface area contributed by atoms with Crippen molar-refractivity contribution >= 4 is 10.0 Å². The summed E-state index contributed by atoms with van der Waals surface area (Å²) in [7, 11) is -3.52. The largest absolute Gasteiger partial charge is 0.240 e. The molecule has 0 amide bonds. The quantitative estimate of drug-likeness (QED) is 0.938. The molecule has 0 bridgehead atoms. The Bertz CT molecular complexity index is 770. The second kappa shape index (κ2) is 6.14. The van der Waals surface area contributed by atoms with E-state index in [-0.39, 0.29) is 6.54 Å². The summed E-state index contributed by atoms with van der Waals surface area (Å²) in [5.74, 6) is 0. The van der Waals surface area contributed by atoms with Gasteiger partial charge in [0.2, 0.25) is 10.0 Å². The average Bonchev–Trinajstić information content (AvgIpc) is 2.54. The highest BCUT2D eigenvalue weighted by Crippen LogP contribution is 2.24. The van der Waals surface area contributed by atoms with Gasteiger partial charge in [-0.1, -0.05) is 6.07 Å². The maximum atomic E-state index is 12.4. The summed E-state index contributed by atoms with van der Waals surface area (Å²) in [5.41, 5.74) is 3.84. The number of sulfonamides is 1. The molecule has 22 heavy (non-hydrogen) atoms. The summed E-state index contributed by atoms with van der Waals surface area (Å²) in [6.07, 6.45) is 4.32. The molecule has 1 aliphatic carbocycles. The molecule has 0 radical (unpaired) electrons. The number of hydrogen-bond acceptors (Lipinski definition) is 4. The van der Waals surface area contributed by atoms with Crippen LogP contribution in [-0.2, 0) is 29.4 Å². The van der Waals surface area contributed by atoms with Crippen LogP contribution in [0.4, 0.5) is 0 Å². The highest BCUT2D eigenvalue weighted by atomic mass is 32.2. The van der Waals surface area contributed by atoms with Crippen molar-refractivity contribution in [3.63, 3.8) is 0 Å². The molecule has 0 saturated heterocycles. The van der Waals surface area contributed by atoms with Crippen molar-refractivity contribution in [3.8, 4) is 0 Å². The Morgan fingerprint density at radius 2 is 1.82 bits per heavy atom. The van der Waals surface area contributed by atoms with Gasteiger partial charge in [-0.3, -0.25) is 0 Å². The Labute approximate surface area is 130 Å². The Morgan fingerprint density at radius 1 is 1.05 bits per heavy atom. The van der Waals surface area contributed by atoms with Gasteiger partial charge in [0.1, 0.15) is 0 Å². The third-order valence-corrected chi connectivity index (χ3v) is 5.33. The molecule has 1 aromatic heterocycles. The van der Waals surface area contributed by atoms with Crippen LogP contribution < -0.4 is 4.72 Å². The highest BCUT2D eigenvalue weighted by Gasteiger charge is 2.17. The number of fused-ring (bicyclic) bond motifs is 1. The average molecular weight is 317 g/mol. The Hall–Kier alpha value is -1.79. The highest BCUT2D eigenvalue weighted by molar-refractivity contribution is 7.89. The molecule has 6 heteroatoms. The minimum atomic E-state index is -3.52. The fraction of sp³-hybridized carbons (Fsp3) is 0.375. The number of nitrogens with one attached hydrogen (secondary N) is 1. The van der Waals surface area contributed by atoms with Gasteiger partial charge in [0.15, 0.2) is 0 Å². The fourth-order valence-electron chi connectivity index (χ4n) is 2.65. The molecule has 0 saturated carbocycles. The van der Waals surface area contributed by atoms with Crippen molar-refractivity contribution in [1.29, 1.82) is 0 Å². The van der Waals surface area contributed by atoms with E-state index >= 15 is 0 Å². The molecule has 0 fully saturated rings. The molecular weight excluding hydrogens is 298 g/mol. The molecule has 116 valence electrons. The summed E-state index contributed by atoms with van der Waals surface area (Å²) in [5, 5.41) is 7.89. The van der Waals surface area contributed by atoms with Crippen LogP contribution >= 0.6 is 0 Å². The predicted molar refractivity (Wildman–Crippen MR) is 83.9 cm³/mol. The first-order valence-corrected chi connectivity index (χ1v) is 8.93. The molecule has 0 unspecified atom stereocenters. The zero-order valence-electron chi connectivity index (χ0n) is 12.5. The van der Waals surface area contributed by atoms with E-state index < -0.39 is 10.0 Å². The van der Waals surface area contributed by atoms with Gasteiger partial charge in [-0.25, -0.2) is 13.1 Å². The van der Waals surface area contributed by atoms with E-state index in [0.717, 1.165) is 30.5 Å². The monoisotopic (exact) mass is 317 g/mol. The lowest BCUT2D eigenvalue weighted by Crippen LogP contribution is -2.24. The zero-order valence-corrected chi connectivity index (χ0v) is 13.4. The normalized spacial score (nSPS) is 14.6. The van der Waals surface area contributed by atoms with Gasteiger partial charge < -0.3 is 0 Å². The standard InChI is InChI=1S/C16H19N3O2S/c1-12-6-8-15(19-18-12)11-17-22(20,21)16-9-7-13-4-2-3-5-14(13)10-16/h6-10,17H,2-5,11H2,1H3. The van der Waals surface area contributed by atoms with Crippen molar-refractivity contribution in [3.05, 3.63) is 52.8 Å². The number of benzene rings is 1. The van der Waals surface area contributed by atoms with E-state index in [1.54, 1.807) is 18.2 Å². The Balaban J connectivity index is 1.76. The summed E-state index contributed by atoms with van der Waals surface area (Å²) in [6, 6.07) is 9.02. The van der Waals surface area contributed by atoms with Crippen LogP contribution in [0.3, 0.4) is 0 Å². The van der Waals surface area contributed by atoms with Crippen molar-refractivity contribution in [2.75, 3.05) is 0 Å². The second-order valence-corrected chi connectivity index (χ2v) is 7.40. The lowest BCUT2D eigenvalue weighted by Gasteiger charge is -2.16. The van der Waals surface area contributed by atoms with E-state index in [0.29, 0.717) is 10.6 Å². The zero-order chi connectivity index (χ0) is 15.6. The van der Waals surface area contributed by atoms with E-state index in [2.05, 4.69) is 14.9 Å². The number of aryl methyl sites for hydroxylation is 3. The van der Waals surface area contributed by atoms with Gasteiger partial charge in [-0.05, 0) is 68.0 Å². The van der Waals surface area contributed by atoms with Gasteiger partial charge in [-0.2, -0.15) is 10.2 Å². The third-order valence-electron chi connectivity index (χ3n) is 3.93. The van der Waals surface area contributed by atoms with Crippen LogP contribution in [0.25, 0.3) is 0 Å². The molecule has 1 N–H and O–H groups in total. The number of rotatable bonds is 4. The minimum Gasteiger partial charge on any atom is -0.207 e. The second-order valence-electron chi connectivity index (χ2n) is 5.63. The Kier molecular flexibility index (Phi) is 4.22. The number of nitrogens with zero attached hydrogens (tertiary/aromatic N) is 2. The Morgan fingerprint density at radius 3 is 2.55 bits per heavy atom. The van der Waals surface area contributed by atoms with Crippen LogP contribution in [0.15, 0.2) is 35.2 Å². The van der Waals surface area contributed by atoms with Gasteiger partial charge in [0, 0.05) is 0 Å². The smallest absolute Gasteiger partial charge is 0.207 e. The molecule has 2 aromatic rings. The van der Waals surface area contributed by atoms with E-state index in [1.807, 2.05) is 19.1 Å². The number of hydrogen-bond donors (Lipinski definition) is 1. The minimum absolute atomic E-state index is 0.146. The maximum Gasteiger partial charge on any atom is 0.240 e. The first kappa shape index (κ1) is 15.1. The molecular formula is C16H19N3O2S. The summed E-state index contributed by atoms with van der Waals surface area (Å²) in [4.78, 5) is 0.327. The molecule has 1 heterocycles. The van der Waals surface area contributed by atoms with Gasteiger partial charge in [0.05, 0.1) is 22.8 Å². The molecule has 1 aromatic carbocycles. The SMILES string of the molecule is Cc1ccc(CNS(=O)(=O)c2ccc3c(c2)CCCC3)nn1. The van der Waals surface area contributed by atoms with E-state index in [9.17, 15) is 8.42 Å². The van der Waals surface area contributed by atoms with Crippen LogP contribution in [0.1, 0.15) is 35.4 Å². The molecule has 0 atom stereocenters. The summed E-state index contributed by atoms with van der Waals surface area (Å²) in [6.45, 7) is 1.99. The lowest BCUT2D eigenvalue weighted by atomic mass is 9.92. The third kappa shape index (κ3) is 3.34. The molecule has 0 aliphatic heterocycles. The lowest BCUT2D eigenvalue weighted by molar-refractivity contribution is 0.579. The van der Waals surface area contributed by atoms with Crippen molar-refractivity contribution in [1.82, 2.24) is 14.9 Å². The van der Waals surface area contributed by atoms with Crippen LogP contribution in [0, 0.1) is 6.92 Å². The van der Waals surface area contributed by atoms with Crippen LogP contribution in [-0.4, -0.2) is 18.6 Å². The summed E-state index contributed by atoms with van der Waals surface area (Å²) < 4.78 is 27.4. The number of aromatic nitrogens is 2. The maximum absolute atomic E-state index is 12.4. The topological polar surface area (TPSA) is 72.0 Å². The molecule has 5 nitrogen and oxygen atoms in total. The van der Waals surface area contributed by atoms with E-state index in [1.165, 1.54) is 12.0 Å². The van der Waals surface area contributed by atoms with Crippen molar-refractivity contribution in [2.45, 2.75) is 44.0 Å². The predicted octanol–water partition coefficient (Wildman–Crippen LogP) is 2.14. The van der Waals surface area contributed by atoms with Gasteiger partial charge in [0.25, 0.3) is 0 Å². The van der Waals surface area contributed by atoms with E-state index in [4.69, 9.17) is 0 Å². The molecule has 1 aliphatic rings. The van der Waals surface area contributed by atoms with Gasteiger partial charge >= 0.3 is 0 Å². The molecule has 3 rings (SSSR count). The van der Waals surface area contributed by atoms with Crippen molar-refractivity contribution in [2.24, 2.45) is 0 Å². The first-order valence-electron chi connectivity index (χ1n) is 7.45. The summed E-state index contributed by atoms with van der Waals surface area (Å²) >= 11 is 0. The molecule has 0 spiro atoms. The van der Waals surface area contributed by atoms with Crippen LogP contribution in [0.2, 0.25) is 0 Å². The van der Waals surface area contributed by atoms with Crippen molar-refractivity contribution < 1.29 is 8.42 Å². The van der Waals surface area contributed by atoms with Crippen LogP contribution in [0.5, 0.6) is 0 Å². The van der Waals surface area contributed by atoms with Gasteiger partial charge in [-0.15, -0.1) is 0 Å².